The summed E-state index contributed by atoms with van der Waals surface area (Å²) < 4.78 is 17.1. The summed E-state index contributed by atoms with van der Waals surface area (Å²) in [5.41, 5.74) is 7.73. The molecular weight excluding hydrogens is 503 g/mol. The van der Waals surface area contributed by atoms with Gasteiger partial charge >= 0.3 is 6.03 Å². The first kappa shape index (κ1) is 25.9. The Bertz CT molecular complexity index is 1320. The summed E-state index contributed by atoms with van der Waals surface area (Å²) in [5, 5.41) is 8.00. The Morgan fingerprint density at radius 2 is 1.79 bits per heavy atom. The van der Waals surface area contributed by atoms with E-state index in [2.05, 4.69) is 51.1 Å². The predicted octanol–water partition coefficient (Wildman–Crippen LogP) is 6.62. The molecule has 8 heteroatoms. The number of amides is 2. The molecule has 5 rings (SSSR count). The van der Waals surface area contributed by atoms with E-state index in [0.717, 1.165) is 60.8 Å². The molecule has 0 radical (unpaired) electrons. The van der Waals surface area contributed by atoms with Crippen LogP contribution in [0.5, 0.6) is 5.75 Å². The van der Waals surface area contributed by atoms with Crippen LogP contribution in [0.1, 0.15) is 36.0 Å². The molecule has 196 valence electrons. The van der Waals surface area contributed by atoms with Crippen molar-refractivity contribution < 1.29 is 13.9 Å². The highest BCUT2D eigenvalue weighted by Crippen LogP contribution is 2.46. The van der Waals surface area contributed by atoms with Gasteiger partial charge in [-0.2, -0.15) is 5.10 Å². The number of benzene rings is 3. The summed E-state index contributed by atoms with van der Waals surface area (Å²) >= 11 is 5.98. The van der Waals surface area contributed by atoms with Crippen molar-refractivity contribution >= 4 is 35.1 Å². The van der Waals surface area contributed by atoms with Gasteiger partial charge in [-0.25, -0.2) is 14.6 Å². The average Bonchev–Trinajstić information content (AvgIpc) is 3.24. The Morgan fingerprint density at radius 1 is 1.05 bits per heavy atom. The number of piperidine rings is 1. The van der Waals surface area contributed by atoms with E-state index in [4.69, 9.17) is 16.3 Å². The van der Waals surface area contributed by atoms with E-state index in [0.29, 0.717) is 11.4 Å². The molecule has 1 saturated heterocycles. The number of anilines is 1. The van der Waals surface area contributed by atoms with Gasteiger partial charge in [0.05, 0.1) is 5.71 Å². The summed E-state index contributed by atoms with van der Waals surface area (Å²) in [6, 6.07) is 22.3. The molecule has 6 nitrogen and oxygen atoms in total. The number of nitrogens with one attached hydrogen (secondary N) is 2. The number of halogens is 2. The van der Waals surface area contributed by atoms with Gasteiger partial charge in [-0.15, -0.1) is 0 Å². The number of hydrogen-bond acceptors (Lipinski definition) is 4. The van der Waals surface area contributed by atoms with E-state index in [-0.39, 0.29) is 5.41 Å². The number of rotatable bonds is 7. The van der Waals surface area contributed by atoms with E-state index in [1.165, 1.54) is 5.56 Å². The summed E-state index contributed by atoms with van der Waals surface area (Å²) in [5.74, 6) is 0.398. The minimum Gasteiger partial charge on any atom is -0.463 e. The first-order valence-electron chi connectivity index (χ1n) is 12.7. The number of urea groups is 1. The van der Waals surface area contributed by atoms with Crippen LogP contribution in [0.15, 0.2) is 84.0 Å². The monoisotopic (exact) mass is 532 g/mol. The van der Waals surface area contributed by atoms with Gasteiger partial charge in [0.1, 0.15) is 5.75 Å². The van der Waals surface area contributed by atoms with E-state index < -0.39 is 12.9 Å². The standard InChI is InChI=1S/C30H30ClFN4O2/c31-23-9-7-22(8-10-23)4-3-17-36-18-15-30(16-19-36)20-28(26-5-1-2-6-27(26)30)34-35-29(37)33-24-11-13-25(14-12-24)38-21-32/h1-14H,15-21H2,(H2,33,35,37)/b4-3+,34-28+. The highest BCUT2D eigenvalue weighted by molar-refractivity contribution is 6.30. The maximum absolute atomic E-state index is 12.5. The fourth-order valence-corrected chi connectivity index (χ4v) is 5.43. The normalized spacial score (nSPS) is 17.6. The summed E-state index contributed by atoms with van der Waals surface area (Å²) in [7, 11) is 0. The molecule has 3 aromatic carbocycles. The lowest BCUT2D eigenvalue weighted by atomic mass is 9.74. The molecule has 2 aliphatic rings. The Kier molecular flexibility index (Phi) is 8.05. The van der Waals surface area contributed by atoms with Crippen molar-refractivity contribution in [2.75, 3.05) is 31.8 Å². The SMILES string of the molecule is O=C(N/N=C1\CC2(CCN(C/C=C/c3ccc(Cl)cc3)CC2)c2ccccc21)Nc1ccc(OCF)cc1. The number of fused-ring (bicyclic) bond motifs is 2. The Labute approximate surface area is 227 Å². The van der Waals surface area contributed by atoms with Crippen LogP contribution in [0.4, 0.5) is 14.9 Å². The molecular formula is C30H30ClFN4O2. The Morgan fingerprint density at radius 3 is 2.53 bits per heavy atom. The third-order valence-electron chi connectivity index (χ3n) is 7.30. The highest BCUT2D eigenvalue weighted by Gasteiger charge is 2.43. The summed E-state index contributed by atoms with van der Waals surface area (Å²) in [6.45, 7) is 2.02. The highest BCUT2D eigenvalue weighted by atomic mass is 35.5. The van der Waals surface area contributed by atoms with Gasteiger partial charge in [-0.05, 0) is 73.5 Å². The molecule has 0 bridgehead atoms. The predicted molar refractivity (Wildman–Crippen MR) is 151 cm³/mol. The largest absolute Gasteiger partial charge is 0.463 e. The second-order valence-electron chi connectivity index (χ2n) is 9.66. The second kappa shape index (κ2) is 11.8. The number of carbonyl (C=O) groups is 1. The van der Waals surface area contributed by atoms with Crippen LogP contribution in [-0.2, 0) is 5.41 Å². The fraction of sp³-hybridized carbons (Fsp3) is 0.267. The Balaban J connectivity index is 1.19. The number of carbonyl (C=O) groups excluding carboxylic acids is 1. The van der Waals surface area contributed by atoms with Crippen molar-refractivity contribution in [3.05, 3.63) is 101 Å². The smallest absolute Gasteiger partial charge is 0.339 e. The molecule has 2 amide bonds. The number of alkyl halides is 1. The zero-order valence-corrected chi connectivity index (χ0v) is 21.8. The molecule has 3 aromatic rings. The van der Waals surface area contributed by atoms with Crippen molar-refractivity contribution in [2.24, 2.45) is 5.10 Å². The molecule has 1 fully saturated rings. The van der Waals surface area contributed by atoms with Crippen LogP contribution in [-0.4, -0.2) is 43.1 Å². The van der Waals surface area contributed by atoms with Crippen molar-refractivity contribution in [3.8, 4) is 5.75 Å². The topological polar surface area (TPSA) is 66.0 Å². The molecule has 1 aliphatic carbocycles. The number of ether oxygens (including phenoxy) is 1. The fourth-order valence-electron chi connectivity index (χ4n) is 5.30. The number of nitrogens with zero attached hydrogens (tertiary/aromatic N) is 2. The van der Waals surface area contributed by atoms with E-state index in [9.17, 15) is 9.18 Å². The van der Waals surface area contributed by atoms with Crippen LogP contribution in [0.3, 0.4) is 0 Å². The molecule has 0 aromatic heterocycles. The first-order valence-corrected chi connectivity index (χ1v) is 13.1. The zero-order valence-electron chi connectivity index (χ0n) is 21.0. The molecule has 0 saturated carbocycles. The van der Waals surface area contributed by atoms with Gasteiger partial charge in [-0.1, -0.05) is 60.2 Å². The van der Waals surface area contributed by atoms with Crippen LogP contribution < -0.4 is 15.5 Å². The minimum absolute atomic E-state index is 0.0379. The quantitative estimate of drug-likeness (QED) is 0.336. The Hall–Kier alpha value is -3.68. The van der Waals surface area contributed by atoms with Crippen LogP contribution in [0, 0.1) is 0 Å². The molecule has 0 atom stereocenters. The number of likely N-dealkylation sites (tertiary alicyclic amines) is 1. The third-order valence-corrected chi connectivity index (χ3v) is 7.55. The van der Waals surface area contributed by atoms with Gasteiger partial charge < -0.3 is 10.1 Å². The van der Waals surface area contributed by atoms with Crippen LogP contribution in [0.25, 0.3) is 6.08 Å². The van der Waals surface area contributed by atoms with Crippen molar-refractivity contribution in [3.63, 3.8) is 0 Å². The van der Waals surface area contributed by atoms with Crippen LogP contribution >= 0.6 is 11.6 Å². The van der Waals surface area contributed by atoms with Gasteiger partial charge in [0.2, 0.25) is 6.86 Å². The van der Waals surface area contributed by atoms with Crippen molar-refractivity contribution in [1.29, 1.82) is 0 Å². The van der Waals surface area contributed by atoms with E-state index in [1.54, 1.807) is 24.3 Å². The molecule has 1 aliphatic heterocycles. The first-order chi connectivity index (χ1) is 18.5. The lowest BCUT2D eigenvalue weighted by Crippen LogP contribution is -2.41. The van der Waals surface area contributed by atoms with E-state index in [1.807, 2.05) is 30.3 Å². The summed E-state index contributed by atoms with van der Waals surface area (Å²) in [6.07, 6.45) is 7.23. The van der Waals surface area contributed by atoms with Crippen LogP contribution in [0.2, 0.25) is 5.02 Å². The van der Waals surface area contributed by atoms with Gasteiger partial charge in [0.25, 0.3) is 0 Å². The average molecular weight is 533 g/mol. The maximum Gasteiger partial charge on any atom is 0.339 e. The molecule has 1 heterocycles. The van der Waals surface area contributed by atoms with Gasteiger partial charge in [0, 0.05) is 34.7 Å². The summed E-state index contributed by atoms with van der Waals surface area (Å²) in [4.78, 5) is 15.0. The molecule has 38 heavy (non-hydrogen) atoms. The minimum atomic E-state index is -0.896. The molecule has 1 spiro atoms. The number of hydrogen-bond donors (Lipinski definition) is 2. The lowest BCUT2D eigenvalue weighted by molar-refractivity contribution is 0.179. The third kappa shape index (κ3) is 6.06. The lowest BCUT2D eigenvalue weighted by Gasteiger charge is -2.39. The maximum atomic E-state index is 12.5. The van der Waals surface area contributed by atoms with Crippen molar-refractivity contribution in [2.45, 2.75) is 24.7 Å². The van der Waals surface area contributed by atoms with Gasteiger partial charge in [-0.3, -0.25) is 4.90 Å². The molecule has 2 N–H and O–H groups in total. The second-order valence-corrected chi connectivity index (χ2v) is 10.1. The number of hydrazone groups is 1. The molecule has 0 unspecified atom stereocenters. The van der Waals surface area contributed by atoms with Gasteiger partial charge in [0.15, 0.2) is 0 Å². The van der Waals surface area contributed by atoms with Crippen molar-refractivity contribution in [1.82, 2.24) is 10.3 Å². The zero-order chi connectivity index (χ0) is 26.4. The van der Waals surface area contributed by atoms with E-state index >= 15 is 0 Å².